The number of alkyl carbamates (subject to hydrolysis) is 1. The van der Waals surface area contributed by atoms with Gasteiger partial charge in [-0.1, -0.05) is 48.5 Å². The van der Waals surface area contributed by atoms with Crippen molar-refractivity contribution in [3.8, 4) is 11.1 Å². The van der Waals surface area contributed by atoms with Crippen LogP contribution in [0.1, 0.15) is 28.7 Å². The zero-order valence-corrected chi connectivity index (χ0v) is 17.7. The predicted octanol–water partition coefficient (Wildman–Crippen LogP) is 3.81. The summed E-state index contributed by atoms with van der Waals surface area (Å²) in [7, 11) is 0. The lowest BCUT2D eigenvalue weighted by Gasteiger charge is -2.19. The summed E-state index contributed by atoms with van der Waals surface area (Å²) in [6.07, 6.45) is -4.31. The van der Waals surface area contributed by atoms with Crippen molar-refractivity contribution in [1.29, 1.82) is 0 Å². The van der Waals surface area contributed by atoms with Crippen LogP contribution in [0.2, 0.25) is 0 Å². The molecule has 0 saturated heterocycles. The van der Waals surface area contributed by atoms with E-state index in [1.54, 1.807) is 0 Å². The highest BCUT2D eigenvalue weighted by Crippen LogP contribution is 2.44. The van der Waals surface area contributed by atoms with Crippen molar-refractivity contribution < 1.29 is 33.4 Å². The van der Waals surface area contributed by atoms with Crippen LogP contribution in [0.15, 0.2) is 60.7 Å². The standard InChI is InChI=1S/C24H20F2N2O6/c25-19-9-13(10-20(26)22(19)28(32)33)23(30)21(29)11-27-24(31)34-12-18-16-7-3-1-5-14(16)15-6-2-4-8-17(15)18/h1-10,18,21,23,29-30H,11-12H2,(H,27,31). The third-order valence-corrected chi connectivity index (χ3v) is 5.73. The number of nitrogens with one attached hydrogen (secondary N) is 1. The van der Waals surface area contributed by atoms with Crippen LogP contribution >= 0.6 is 0 Å². The van der Waals surface area contributed by atoms with Crippen LogP contribution in [0.5, 0.6) is 0 Å². The molecule has 0 bridgehead atoms. The Morgan fingerprint density at radius 2 is 1.56 bits per heavy atom. The minimum atomic E-state index is -1.81. The number of benzene rings is 3. The van der Waals surface area contributed by atoms with Crippen molar-refractivity contribution in [3.05, 3.63) is 99.1 Å². The van der Waals surface area contributed by atoms with E-state index in [4.69, 9.17) is 4.74 Å². The third kappa shape index (κ3) is 4.45. The number of carbonyl (C=O) groups excluding carboxylic acids is 1. The van der Waals surface area contributed by atoms with Crippen LogP contribution in [-0.4, -0.2) is 40.5 Å². The molecular formula is C24H20F2N2O6. The van der Waals surface area contributed by atoms with E-state index in [0.717, 1.165) is 22.3 Å². The fourth-order valence-electron chi connectivity index (χ4n) is 4.10. The summed E-state index contributed by atoms with van der Waals surface area (Å²) in [4.78, 5) is 21.6. The molecule has 10 heteroatoms. The first kappa shape index (κ1) is 23.3. The molecule has 1 aliphatic carbocycles. The summed E-state index contributed by atoms with van der Waals surface area (Å²) in [6, 6.07) is 16.7. The van der Waals surface area contributed by atoms with Gasteiger partial charge in [-0.3, -0.25) is 10.1 Å². The lowest BCUT2D eigenvalue weighted by atomic mass is 9.98. The van der Waals surface area contributed by atoms with Gasteiger partial charge in [-0.15, -0.1) is 0 Å². The van der Waals surface area contributed by atoms with E-state index in [9.17, 15) is 33.9 Å². The maximum Gasteiger partial charge on any atom is 0.407 e. The van der Waals surface area contributed by atoms with E-state index < -0.39 is 52.7 Å². The molecule has 0 heterocycles. The maximum absolute atomic E-state index is 13.8. The van der Waals surface area contributed by atoms with E-state index in [1.807, 2.05) is 48.5 Å². The van der Waals surface area contributed by atoms with Gasteiger partial charge in [0.25, 0.3) is 0 Å². The Hall–Kier alpha value is -3.89. The molecule has 3 aromatic carbocycles. The summed E-state index contributed by atoms with van der Waals surface area (Å²) in [5.41, 5.74) is 2.40. The minimum Gasteiger partial charge on any atom is -0.449 e. The molecule has 2 atom stereocenters. The Balaban J connectivity index is 1.35. The molecule has 0 aliphatic heterocycles. The second-order valence-corrected chi connectivity index (χ2v) is 7.81. The van der Waals surface area contributed by atoms with E-state index in [-0.39, 0.29) is 12.5 Å². The van der Waals surface area contributed by atoms with Gasteiger partial charge in [0.05, 0.1) is 4.92 Å². The number of fused-ring (bicyclic) bond motifs is 3. The van der Waals surface area contributed by atoms with E-state index in [1.165, 1.54) is 0 Å². The highest BCUT2D eigenvalue weighted by atomic mass is 19.1. The quantitative estimate of drug-likeness (QED) is 0.357. The molecule has 0 radical (unpaired) electrons. The number of nitro groups is 1. The summed E-state index contributed by atoms with van der Waals surface area (Å²) >= 11 is 0. The molecule has 2 unspecified atom stereocenters. The molecule has 1 aliphatic rings. The number of ether oxygens (including phenoxy) is 1. The highest BCUT2D eigenvalue weighted by Gasteiger charge is 2.30. The molecule has 8 nitrogen and oxygen atoms in total. The number of aliphatic hydroxyl groups excluding tert-OH is 2. The van der Waals surface area contributed by atoms with Gasteiger partial charge in [-0.25, -0.2) is 4.79 Å². The van der Waals surface area contributed by atoms with Gasteiger partial charge in [0.15, 0.2) is 0 Å². The Morgan fingerprint density at radius 1 is 1.03 bits per heavy atom. The summed E-state index contributed by atoms with van der Waals surface area (Å²) in [6.45, 7) is -0.449. The van der Waals surface area contributed by atoms with Gasteiger partial charge < -0.3 is 20.3 Å². The van der Waals surface area contributed by atoms with Crippen molar-refractivity contribution in [2.45, 2.75) is 18.1 Å². The molecule has 0 saturated carbocycles. The van der Waals surface area contributed by atoms with Crippen molar-refractivity contribution in [3.63, 3.8) is 0 Å². The second-order valence-electron chi connectivity index (χ2n) is 7.81. The van der Waals surface area contributed by atoms with Crippen LogP contribution in [0, 0.1) is 21.7 Å². The van der Waals surface area contributed by atoms with E-state index >= 15 is 0 Å². The normalized spacial score (nSPS) is 14.1. The lowest BCUT2D eigenvalue weighted by molar-refractivity contribution is -0.390. The van der Waals surface area contributed by atoms with Gasteiger partial charge in [0.2, 0.25) is 11.6 Å². The zero-order valence-electron chi connectivity index (χ0n) is 17.7. The minimum absolute atomic E-state index is 0.0390. The Labute approximate surface area is 192 Å². The topological polar surface area (TPSA) is 122 Å². The first-order chi connectivity index (χ1) is 16.3. The Kier molecular flexibility index (Phi) is 6.53. The van der Waals surface area contributed by atoms with Crippen molar-refractivity contribution in [2.75, 3.05) is 13.2 Å². The molecule has 0 spiro atoms. The second kappa shape index (κ2) is 9.54. The molecule has 0 aromatic heterocycles. The molecule has 3 N–H and O–H groups in total. The largest absolute Gasteiger partial charge is 0.449 e. The average Bonchev–Trinajstić information content (AvgIpc) is 3.13. The number of carbonyl (C=O) groups is 1. The van der Waals surface area contributed by atoms with Gasteiger partial charge in [-0.05, 0) is 39.9 Å². The number of aliphatic hydroxyl groups is 2. The first-order valence-electron chi connectivity index (χ1n) is 10.4. The third-order valence-electron chi connectivity index (χ3n) is 5.73. The predicted molar refractivity (Wildman–Crippen MR) is 117 cm³/mol. The van der Waals surface area contributed by atoms with Crippen LogP contribution < -0.4 is 5.32 Å². The first-order valence-corrected chi connectivity index (χ1v) is 10.4. The van der Waals surface area contributed by atoms with E-state index in [0.29, 0.717) is 12.1 Å². The number of hydrogen-bond acceptors (Lipinski definition) is 6. The van der Waals surface area contributed by atoms with Crippen LogP contribution in [0.4, 0.5) is 19.3 Å². The summed E-state index contributed by atoms with van der Waals surface area (Å²) in [5, 5.41) is 33.3. The number of hydrogen-bond donors (Lipinski definition) is 3. The number of nitro benzene ring substituents is 1. The fraction of sp³-hybridized carbons (Fsp3) is 0.208. The smallest absolute Gasteiger partial charge is 0.407 e. The molecule has 1 amide bonds. The Bertz CT molecular complexity index is 1180. The number of rotatable bonds is 7. The van der Waals surface area contributed by atoms with Crippen molar-refractivity contribution in [2.24, 2.45) is 0 Å². The number of amides is 1. The van der Waals surface area contributed by atoms with Gasteiger partial charge in [0, 0.05) is 12.5 Å². The molecule has 34 heavy (non-hydrogen) atoms. The molecule has 176 valence electrons. The molecule has 3 aromatic rings. The maximum atomic E-state index is 13.8. The average molecular weight is 470 g/mol. The monoisotopic (exact) mass is 470 g/mol. The molecular weight excluding hydrogens is 450 g/mol. The van der Waals surface area contributed by atoms with Gasteiger partial charge >= 0.3 is 11.8 Å². The SMILES string of the molecule is O=C(NCC(O)C(O)c1cc(F)c([N+](=O)[O-])c(F)c1)OCC1c2ccccc2-c2ccccc21. The van der Waals surface area contributed by atoms with Crippen LogP contribution in [-0.2, 0) is 4.74 Å². The van der Waals surface area contributed by atoms with Gasteiger partial charge in [-0.2, -0.15) is 8.78 Å². The Morgan fingerprint density at radius 3 is 2.09 bits per heavy atom. The molecule has 0 fully saturated rings. The van der Waals surface area contributed by atoms with Crippen molar-refractivity contribution >= 4 is 11.8 Å². The van der Waals surface area contributed by atoms with Crippen LogP contribution in [0.3, 0.4) is 0 Å². The molecule has 4 rings (SSSR count). The van der Waals surface area contributed by atoms with Crippen LogP contribution in [0.25, 0.3) is 11.1 Å². The zero-order chi connectivity index (χ0) is 24.4. The van der Waals surface area contributed by atoms with E-state index in [2.05, 4.69) is 5.32 Å². The fourth-order valence-corrected chi connectivity index (χ4v) is 4.10. The van der Waals surface area contributed by atoms with Crippen molar-refractivity contribution in [1.82, 2.24) is 5.32 Å². The summed E-state index contributed by atoms with van der Waals surface area (Å²) < 4.78 is 32.9. The van der Waals surface area contributed by atoms with Gasteiger partial charge in [0.1, 0.15) is 18.8 Å². The highest BCUT2D eigenvalue weighted by molar-refractivity contribution is 5.79. The lowest BCUT2D eigenvalue weighted by Crippen LogP contribution is -2.36. The summed E-state index contributed by atoms with van der Waals surface area (Å²) in [5.74, 6) is -3.15. The number of nitrogens with zero attached hydrogens (tertiary/aromatic N) is 1. The number of halogens is 2.